The van der Waals surface area contributed by atoms with Gasteiger partial charge in [0.1, 0.15) is 6.61 Å². The van der Waals surface area contributed by atoms with Gasteiger partial charge in [-0.1, -0.05) is 29.8 Å². The summed E-state index contributed by atoms with van der Waals surface area (Å²) in [5, 5.41) is 0.907. The highest BCUT2D eigenvalue weighted by Crippen LogP contribution is 2.20. The Morgan fingerprint density at radius 2 is 1.88 bits per heavy atom. The second-order valence-corrected chi connectivity index (χ2v) is 5.11. The van der Waals surface area contributed by atoms with Crippen molar-refractivity contribution in [1.29, 1.82) is 0 Å². The molecule has 0 radical (unpaired) electrons. The average Bonchev–Trinajstić information content (AvgIpc) is 2.13. The van der Waals surface area contributed by atoms with Gasteiger partial charge in [-0.25, -0.2) is 0 Å². The second kappa shape index (κ2) is 8.34. The molecule has 0 fully saturated rings. The van der Waals surface area contributed by atoms with Crippen LogP contribution in [0.4, 0.5) is 13.2 Å². The summed E-state index contributed by atoms with van der Waals surface area (Å²) in [4.78, 5) is 0. The molecule has 1 nitrogen and oxygen atoms in total. The number of hydrogen-bond acceptors (Lipinski definition) is 1. The first-order chi connectivity index (χ1) is 7.35. The van der Waals surface area contributed by atoms with Crippen molar-refractivity contribution >= 4 is 15.9 Å². The lowest BCUT2D eigenvalue weighted by atomic mass is 9.95. The molecular formula is C11H20BrF3O. The van der Waals surface area contributed by atoms with Gasteiger partial charge in [-0.2, -0.15) is 13.2 Å². The van der Waals surface area contributed by atoms with E-state index in [1.165, 1.54) is 0 Å². The minimum absolute atomic E-state index is 0.196. The zero-order valence-corrected chi connectivity index (χ0v) is 11.4. The molecule has 0 bridgehead atoms. The summed E-state index contributed by atoms with van der Waals surface area (Å²) in [6, 6.07) is 0. The van der Waals surface area contributed by atoms with E-state index in [1.807, 2.05) is 0 Å². The van der Waals surface area contributed by atoms with Crippen molar-refractivity contribution in [3.63, 3.8) is 0 Å². The molecule has 0 aliphatic heterocycles. The molecule has 0 aromatic rings. The molecule has 1 unspecified atom stereocenters. The minimum atomic E-state index is -4.20. The summed E-state index contributed by atoms with van der Waals surface area (Å²) in [6.45, 7) is 3.36. The van der Waals surface area contributed by atoms with Crippen LogP contribution in [0.2, 0.25) is 0 Å². The third-order valence-corrected chi connectivity index (χ3v) is 3.11. The fourth-order valence-corrected chi connectivity index (χ4v) is 2.17. The van der Waals surface area contributed by atoms with Crippen molar-refractivity contribution in [2.45, 2.75) is 39.3 Å². The summed E-state index contributed by atoms with van der Waals surface area (Å²) >= 11 is 3.42. The van der Waals surface area contributed by atoms with Gasteiger partial charge in [0.2, 0.25) is 0 Å². The van der Waals surface area contributed by atoms with Crippen LogP contribution in [-0.2, 0) is 4.74 Å². The maximum atomic E-state index is 11.7. The number of rotatable bonds is 8. The summed E-state index contributed by atoms with van der Waals surface area (Å²) < 4.78 is 39.8. The predicted octanol–water partition coefficient (Wildman–Crippen LogP) is 4.40. The van der Waals surface area contributed by atoms with Gasteiger partial charge in [0.15, 0.2) is 0 Å². The van der Waals surface area contributed by atoms with E-state index in [4.69, 9.17) is 0 Å². The Kier molecular flexibility index (Phi) is 8.46. The van der Waals surface area contributed by atoms with Crippen LogP contribution < -0.4 is 0 Å². The average molecular weight is 305 g/mol. The monoisotopic (exact) mass is 304 g/mol. The Hall–Kier alpha value is 0.230. The number of ether oxygens (including phenoxy) is 1. The van der Waals surface area contributed by atoms with Crippen LogP contribution >= 0.6 is 15.9 Å². The van der Waals surface area contributed by atoms with E-state index < -0.39 is 12.8 Å². The minimum Gasteiger partial charge on any atom is -0.372 e. The lowest BCUT2D eigenvalue weighted by molar-refractivity contribution is -0.174. The first-order valence-corrected chi connectivity index (χ1v) is 6.67. The Morgan fingerprint density at radius 1 is 1.25 bits per heavy atom. The standard InChI is InChI=1S/C11H20BrF3O/c1-9(2)6-10(7-12)4-3-5-16-8-11(13,14)15/h9-10H,3-8H2,1-2H3. The van der Waals surface area contributed by atoms with E-state index in [2.05, 4.69) is 34.5 Å². The van der Waals surface area contributed by atoms with Crippen molar-refractivity contribution < 1.29 is 17.9 Å². The van der Waals surface area contributed by atoms with Crippen molar-refractivity contribution in [3.8, 4) is 0 Å². The Balaban J connectivity index is 3.48. The summed E-state index contributed by atoms with van der Waals surface area (Å²) in [5.41, 5.74) is 0. The molecule has 0 aromatic heterocycles. The third kappa shape index (κ3) is 10.7. The van der Waals surface area contributed by atoms with Gasteiger partial charge in [0, 0.05) is 11.9 Å². The first-order valence-electron chi connectivity index (χ1n) is 5.55. The van der Waals surface area contributed by atoms with Gasteiger partial charge in [-0.3, -0.25) is 0 Å². The fraction of sp³-hybridized carbons (Fsp3) is 1.00. The Morgan fingerprint density at radius 3 is 2.31 bits per heavy atom. The molecule has 98 valence electrons. The molecule has 0 aromatic carbocycles. The van der Waals surface area contributed by atoms with Crippen LogP contribution in [0.3, 0.4) is 0 Å². The quantitative estimate of drug-likeness (QED) is 0.477. The molecule has 0 rings (SSSR count). The largest absolute Gasteiger partial charge is 0.411 e. The van der Waals surface area contributed by atoms with Crippen LogP contribution in [0.5, 0.6) is 0 Å². The van der Waals surface area contributed by atoms with Crippen LogP contribution in [-0.4, -0.2) is 24.7 Å². The van der Waals surface area contributed by atoms with E-state index in [0.29, 0.717) is 18.3 Å². The highest BCUT2D eigenvalue weighted by atomic mass is 79.9. The Labute approximate surface area is 104 Å². The second-order valence-electron chi connectivity index (χ2n) is 4.46. The molecule has 0 saturated heterocycles. The van der Waals surface area contributed by atoms with E-state index in [-0.39, 0.29) is 6.61 Å². The highest BCUT2D eigenvalue weighted by molar-refractivity contribution is 9.09. The number of alkyl halides is 4. The lowest BCUT2D eigenvalue weighted by Crippen LogP contribution is -2.17. The summed E-state index contributed by atoms with van der Waals surface area (Å²) in [5.74, 6) is 1.16. The molecule has 0 aliphatic carbocycles. The maximum Gasteiger partial charge on any atom is 0.411 e. The van der Waals surface area contributed by atoms with Crippen LogP contribution in [0.25, 0.3) is 0 Å². The molecule has 0 N–H and O–H groups in total. The summed E-state index contributed by atoms with van der Waals surface area (Å²) in [6.07, 6.45) is -1.49. The number of halogens is 4. The molecule has 0 spiro atoms. The van der Waals surface area contributed by atoms with Gasteiger partial charge in [0.05, 0.1) is 0 Å². The Bertz CT molecular complexity index is 171. The van der Waals surface area contributed by atoms with E-state index in [0.717, 1.165) is 18.2 Å². The maximum absolute atomic E-state index is 11.7. The molecule has 0 saturated carbocycles. The highest BCUT2D eigenvalue weighted by Gasteiger charge is 2.27. The van der Waals surface area contributed by atoms with Crippen LogP contribution in [0, 0.1) is 11.8 Å². The normalized spacial score (nSPS) is 14.4. The first kappa shape index (κ1) is 16.2. The fourth-order valence-electron chi connectivity index (χ4n) is 1.59. The topological polar surface area (TPSA) is 9.23 Å². The van der Waals surface area contributed by atoms with Gasteiger partial charge < -0.3 is 4.74 Å². The molecule has 0 aliphatic rings. The third-order valence-electron chi connectivity index (χ3n) is 2.19. The van der Waals surface area contributed by atoms with Gasteiger partial charge >= 0.3 is 6.18 Å². The van der Waals surface area contributed by atoms with Crippen molar-refractivity contribution in [1.82, 2.24) is 0 Å². The van der Waals surface area contributed by atoms with Crippen molar-refractivity contribution in [2.24, 2.45) is 11.8 Å². The van der Waals surface area contributed by atoms with Crippen molar-refractivity contribution in [2.75, 3.05) is 18.5 Å². The van der Waals surface area contributed by atoms with Gasteiger partial charge in [-0.15, -0.1) is 0 Å². The zero-order chi connectivity index (χ0) is 12.6. The number of hydrogen-bond donors (Lipinski definition) is 0. The smallest absolute Gasteiger partial charge is 0.372 e. The lowest BCUT2D eigenvalue weighted by Gasteiger charge is -2.16. The van der Waals surface area contributed by atoms with Crippen LogP contribution in [0.1, 0.15) is 33.1 Å². The molecular weight excluding hydrogens is 285 g/mol. The zero-order valence-electron chi connectivity index (χ0n) is 9.82. The SMILES string of the molecule is CC(C)CC(CBr)CCCOCC(F)(F)F. The molecule has 5 heteroatoms. The molecule has 0 amide bonds. The molecule has 16 heavy (non-hydrogen) atoms. The molecule has 0 heterocycles. The van der Waals surface area contributed by atoms with Crippen LogP contribution in [0.15, 0.2) is 0 Å². The van der Waals surface area contributed by atoms with Crippen molar-refractivity contribution in [3.05, 3.63) is 0 Å². The van der Waals surface area contributed by atoms with E-state index >= 15 is 0 Å². The summed E-state index contributed by atoms with van der Waals surface area (Å²) in [7, 11) is 0. The van der Waals surface area contributed by atoms with E-state index in [1.54, 1.807) is 0 Å². The molecule has 1 atom stereocenters. The van der Waals surface area contributed by atoms with E-state index in [9.17, 15) is 13.2 Å². The predicted molar refractivity (Wildman–Crippen MR) is 62.8 cm³/mol. The van der Waals surface area contributed by atoms with Gasteiger partial charge in [0.25, 0.3) is 0 Å². The van der Waals surface area contributed by atoms with Gasteiger partial charge in [-0.05, 0) is 31.1 Å².